The van der Waals surface area contributed by atoms with Crippen LogP contribution >= 0.6 is 12.2 Å². The van der Waals surface area contributed by atoms with E-state index < -0.39 is 11.9 Å². The summed E-state index contributed by atoms with van der Waals surface area (Å²) < 4.78 is 4.69. The fourth-order valence-electron chi connectivity index (χ4n) is 2.10. The second kappa shape index (κ2) is 6.99. The van der Waals surface area contributed by atoms with Gasteiger partial charge in [0.1, 0.15) is 0 Å². The van der Waals surface area contributed by atoms with Crippen molar-refractivity contribution in [2.45, 2.75) is 13.3 Å². The number of hydrogen-bond acceptors (Lipinski definition) is 4. The smallest absolute Gasteiger partial charge is 0.330 e. The number of fused-ring (bicyclic) bond motifs is 1. The Labute approximate surface area is 128 Å². The van der Waals surface area contributed by atoms with E-state index in [2.05, 4.69) is 5.32 Å². The molecule has 0 radical (unpaired) electrons. The van der Waals surface area contributed by atoms with E-state index >= 15 is 0 Å². The van der Waals surface area contributed by atoms with Gasteiger partial charge in [-0.2, -0.15) is 0 Å². The number of amides is 1. The zero-order valence-electron chi connectivity index (χ0n) is 11.7. The highest BCUT2D eigenvalue weighted by molar-refractivity contribution is 7.80. The van der Waals surface area contributed by atoms with Crippen molar-refractivity contribution < 1.29 is 14.3 Å². The molecule has 1 aromatic rings. The van der Waals surface area contributed by atoms with Crippen LogP contribution in [-0.4, -0.2) is 30.1 Å². The molecule has 0 spiro atoms. The molecule has 0 saturated carbocycles. The van der Waals surface area contributed by atoms with Gasteiger partial charge in [-0.05, 0) is 37.2 Å². The van der Waals surface area contributed by atoms with Crippen LogP contribution in [-0.2, 0) is 20.7 Å². The number of hydrogen-bond donors (Lipinski definition) is 1. The Morgan fingerprint density at radius 2 is 2.14 bits per heavy atom. The molecule has 1 aliphatic rings. The number of esters is 1. The van der Waals surface area contributed by atoms with Gasteiger partial charge in [-0.25, -0.2) is 4.79 Å². The minimum atomic E-state index is -0.551. The van der Waals surface area contributed by atoms with Gasteiger partial charge in [-0.1, -0.05) is 18.2 Å². The second-order valence-corrected chi connectivity index (χ2v) is 4.80. The minimum absolute atomic E-state index is 0.272. The van der Waals surface area contributed by atoms with E-state index in [9.17, 15) is 9.59 Å². The fraction of sp³-hybridized carbons (Fsp3) is 0.267. The standard InChI is InChI=1S/C15H16N2O3S/c1-2-20-14(19)8-7-13(18)16-15(21)17-10-9-11-5-3-4-6-12(11)17/h3-8H,2,9-10H2,1H3,(H,16,18,21). The van der Waals surface area contributed by atoms with Crippen molar-refractivity contribution >= 4 is 34.9 Å². The van der Waals surface area contributed by atoms with Crippen molar-refractivity contribution in [3.63, 3.8) is 0 Å². The molecular formula is C15H16N2O3S. The van der Waals surface area contributed by atoms with Crippen LogP contribution in [0.4, 0.5) is 5.69 Å². The van der Waals surface area contributed by atoms with Crippen molar-refractivity contribution in [3.8, 4) is 0 Å². The van der Waals surface area contributed by atoms with Crippen molar-refractivity contribution in [3.05, 3.63) is 42.0 Å². The summed E-state index contributed by atoms with van der Waals surface area (Å²) >= 11 is 5.24. The van der Waals surface area contributed by atoms with Gasteiger partial charge in [0.25, 0.3) is 0 Å². The van der Waals surface area contributed by atoms with Crippen LogP contribution in [0, 0.1) is 0 Å². The molecule has 0 fully saturated rings. The third-order valence-corrected chi connectivity index (χ3v) is 3.34. The number of carbonyl (C=O) groups excluding carboxylic acids is 2. The molecule has 2 rings (SSSR count). The van der Waals surface area contributed by atoms with Crippen molar-refractivity contribution in [1.29, 1.82) is 0 Å². The lowest BCUT2D eigenvalue weighted by atomic mass is 10.2. The summed E-state index contributed by atoms with van der Waals surface area (Å²) in [4.78, 5) is 24.7. The van der Waals surface area contributed by atoms with Crippen molar-refractivity contribution in [2.75, 3.05) is 18.1 Å². The first kappa shape index (κ1) is 15.2. The fourth-order valence-corrected chi connectivity index (χ4v) is 2.39. The number of carbonyl (C=O) groups is 2. The zero-order valence-corrected chi connectivity index (χ0v) is 12.5. The maximum absolute atomic E-state index is 11.7. The highest BCUT2D eigenvalue weighted by atomic mass is 32.1. The van der Waals surface area contributed by atoms with Crippen molar-refractivity contribution in [2.24, 2.45) is 0 Å². The van der Waals surface area contributed by atoms with E-state index in [0.29, 0.717) is 5.11 Å². The Morgan fingerprint density at radius 3 is 2.90 bits per heavy atom. The summed E-state index contributed by atoms with van der Waals surface area (Å²) in [5, 5.41) is 2.92. The lowest BCUT2D eigenvalue weighted by Gasteiger charge is -2.19. The molecule has 0 aliphatic carbocycles. The SMILES string of the molecule is CCOC(=O)C=CC(=O)NC(=S)N1CCc2ccccc21. The van der Waals surface area contributed by atoms with Crippen LogP contribution < -0.4 is 10.2 Å². The molecule has 0 bridgehead atoms. The highest BCUT2D eigenvalue weighted by Gasteiger charge is 2.22. The van der Waals surface area contributed by atoms with Gasteiger partial charge < -0.3 is 9.64 Å². The molecule has 1 amide bonds. The van der Waals surface area contributed by atoms with E-state index in [1.165, 1.54) is 5.56 Å². The maximum atomic E-state index is 11.7. The first-order chi connectivity index (χ1) is 10.1. The van der Waals surface area contributed by atoms with Gasteiger partial charge in [-0.15, -0.1) is 0 Å². The molecule has 1 aliphatic heterocycles. The molecule has 0 saturated heterocycles. The number of para-hydroxylation sites is 1. The molecule has 0 atom stereocenters. The molecule has 5 nitrogen and oxygen atoms in total. The number of nitrogens with zero attached hydrogens (tertiary/aromatic N) is 1. The number of benzene rings is 1. The summed E-state index contributed by atoms with van der Waals surface area (Å²) in [5.41, 5.74) is 2.22. The van der Waals surface area contributed by atoms with E-state index in [0.717, 1.165) is 30.8 Å². The number of thiocarbonyl (C=S) groups is 1. The molecule has 110 valence electrons. The normalized spacial score (nSPS) is 13.1. The molecule has 0 aromatic heterocycles. The Hall–Kier alpha value is -2.21. The monoisotopic (exact) mass is 304 g/mol. The third-order valence-electron chi connectivity index (χ3n) is 3.02. The number of ether oxygens (including phenoxy) is 1. The zero-order chi connectivity index (χ0) is 15.2. The quantitative estimate of drug-likeness (QED) is 0.522. The first-order valence-corrected chi connectivity index (χ1v) is 7.08. The van der Waals surface area contributed by atoms with Crippen LogP contribution in [0.1, 0.15) is 12.5 Å². The average molecular weight is 304 g/mol. The molecule has 21 heavy (non-hydrogen) atoms. The van der Waals surface area contributed by atoms with Gasteiger partial charge in [-0.3, -0.25) is 10.1 Å². The Balaban J connectivity index is 1.94. The first-order valence-electron chi connectivity index (χ1n) is 6.67. The molecule has 1 heterocycles. The van der Waals surface area contributed by atoms with Crippen LogP contribution in [0.3, 0.4) is 0 Å². The van der Waals surface area contributed by atoms with Gasteiger partial charge in [0, 0.05) is 24.4 Å². The molecule has 1 aromatic carbocycles. The number of anilines is 1. The lowest BCUT2D eigenvalue weighted by Crippen LogP contribution is -2.41. The predicted octanol–water partition coefficient (Wildman–Crippen LogP) is 1.57. The summed E-state index contributed by atoms with van der Waals surface area (Å²) in [6.45, 7) is 2.71. The summed E-state index contributed by atoms with van der Waals surface area (Å²) in [6, 6.07) is 7.92. The summed E-state index contributed by atoms with van der Waals surface area (Å²) in [5.74, 6) is -0.998. The Kier molecular flexibility index (Phi) is 5.05. The van der Waals surface area contributed by atoms with Gasteiger partial charge in [0.15, 0.2) is 5.11 Å². The molecule has 1 N–H and O–H groups in total. The van der Waals surface area contributed by atoms with Gasteiger partial charge in [0.2, 0.25) is 5.91 Å². The number of nitrogens with one attached hydrogen (secondary N) is 1. The predicted molar refractivity (Wildman–Crippen MR) is 84.0 cm³/mol. The van der Waals surface area contributed by atoms with E-state index in [1.54, 1.807) is 6.92 Å². The van der Waals surface area contributed by atoms with Gasteiger partial charge >= 0.3 is 5.97 Å². The summed E-state index contributed by atoms with van der Waals surface area (Å²) in [7, 11) is 0. The van der Waals surface area contributed by atoms with Gasteiger partial charge in [0.05, 0.1) is 6.61 Å². The number of rotatable bonds is 3. The maximum Gasteiger partial charge on any atom is 0.330 e. The molecule has 6 heteroatoms. The van der Waals surface area contributed by atoms with E-state index in [1.807, 2.05) is 29.2 Å². The Morgan fingerprint density at radius 1 is 1.38 bits per heavy atom. The molecule has 0 unspecified atom stereocenters. The summed E-state index contributed by atoms with van der Waals surface area (Å²) in [6.07, 6.45) is 3.09. The van der Waals surface area contributed by atoms with Crippen LogP contribution in [0.5, 0.6) is 0 Å². The second-order valence-electron chi connectivity index (χ2n) is 4.41. The van der Waals surface area contributed by atoms with Crippen molar-refractivity contribution in [1.82, 2.24) is 5.32 Å². The lowest BCUT2D eigenvalue weighted by molar-refractivity contribution is -0.137. The third kappa shape index (κ3) is 3.88. The average Bonchev–Trinajstić information content (AvgIpc) is 2.89. The van der Waals surface area contributed by atoms with Crippen LogP contribution in [0.15, 0.2) is 36.4 Å². The van der Waals surface area contributed by atoms with E-state index in [4.69, 9.17) is 17.0 Å². The largest absolute Gasteiger partial charge is 0.463 e. The van der Waals surface area contributed by atoms with Crippen LogP contribution in [0.25, 0.3) is 0 Å². The minimum Gasteiger partial charge on any atom is -0.463 e. The topological polar surface area (TPSA) is 58.6 Å². The van der Waals surface area contributed by atoms with Crippen LogP contribution in [0.2, 0.25) is 0 Å². The molecular weight excluding hydrogens is 288 g/mol. The Bertz CT molecular complexity index is 598. The van der Waals surface area contributed by atoms with E-state index in [-0.39, 0.29) is 6.61 Å². The highest BCUT2D eigenvalue weighted by Crippen LogP contribution is 2.27.